The fourth-order valence-electron chi connectivity index (χ4n) is 1.18. The van der Waals surface area contributed by atoms with Crippen LogP contribution in [0.25, 0.3) is 0 Å². The molecule has 11 heavy (non-hydrogen) atoms. The van der Waals surface area contributed by atoms with Crippen LogP contribution < -0.4 is 0 Å². The van der Waals surface area contributed by atoms with Crippen LogP contribution in [0.4, 0.5) is 0 Å². The maximum Gasteiger partial charge on any atom is 0.192 e. The molecule has 1 aliphatic rings. The molecule has 0 aromatic heterocycles. The Bertz CT molecular complexity index is 170. The molecule has 0 radical (unpaired) electrons. The molecule has 0 aromatic carbocycles. The average molecular weight is 152 g/mol. The van der Waals surface area contributed by atoms with Gasteiger partial charge in [0.05, 0.1) is 6.10 Å². The Morgan fingerprint density at radius 3 is 3.09 bits per heavy atom. The molecule has 0 bridgehead atoms. The van der Waals surface area contributed by atoms with E-state index in [1.807, 2.05) is 0 Å². The molecular formula is C9H12O2. The standard InChI is InChI=1S/C9H12O2/c10-7-3-1-5-9-6-2-4-8-11-9/h7,9H,2,4-6,8H2. The average Bonchev–Trinajstić information content (AvgIpc) is 2.07. The number of carbonyl (C=O) groups is 1. The van der Waals surface area contributed by atoms with Crippen LogP contribution in [0.5, 0.6) is 0 Å². The van der Waals surface area contributed by atoms with Crippen molar-refractivity contribution in [2.24, 2.45) is 0 Å². The highest BCUT2D eigenvalue weighted by atomic mass is 16.5. The molecule has 0 spiro atoms. The van der Waals surface area contributed by atoms with Crippen LogP contribution in [-0.2, 0) is 9.53 Å². The monoisotopic (exact) mass is 152 g/mol. The zero-order chi connectivity index (χ0) is 7.94. The zero-order valence-electron chi connectivity index (χ0n) is 6.51. The van der Waals surface area contributed by atoms with Crippen molar-refractivity contribution in [3.8, 4) is 11.8 Å². The molecule has 1 unspecified atom stereocenters. The van der Waals surface area contributed by atoms with E-state index in [0.717, 1.165) is 19.4 Å². The minimum Gasteiger partial charge on any atom is -0.377 e. The highest BCUT2D eigenvalue weighted by Gasteiger charge is 2.11. The fourth-order valence-corrected chi connectivity index (χ4v) is 1.18. The van der Waals surface area contributed by atoms with Crippen molar-refractivity contribution in [3.63, 3.8) is 0 Å². The molecule has 0 amide bonds. The molecule has 1 rings (SSSR count). The second-order valence-electron chi connectivity index (χ2n) is 2.63. The van der Waals surface area contributed by atoms with Gasteiger partial charge in [-0.2, -0.15) is 0 Å². The van der Waals surface area contributed by atoms with E-state index in [0.29, 0.717) is 12.7 Å². The predicted octanol–water partition coefficient (Wildman–Crippen LogP) is 1.15. The number of hydrogen-bond donors (Lipinski definition) is 0. The van der Waals surface area contributed by atoms with E-state index in [9.17, 15) is 4.79 Å². The first kappa shape index (κ1) is 8.29. The van der Waals surface area contributed by atoms with E-state index < -0.39 is 0 Å². The van der Waals surface area contributed by atoms with Gasteiger partial charge in [-0.1, -0.05) is 5.92 Å². The van der Waals surface area contributed by atoms with Crippen molar-refractivity contribution < 1.29 is 9.53 Å². The van der Waals surface area contributed by atoms with Crippen LogP contribution in [0, 0.1) is 11.8 Å². The van der Waals surface area contributed by atoms with Crippen molar-refractivity contribution in [1.29, 1.82) is 0 Å². The highest BCUT2D eigenvalue weighted by Crippen LogP contribution is 2.14. The summed E-state index contributed by atoms with van der Waals surface area (Å²) in [6.07, 6.45) is 5.09. The van der Waals surface area contributed by atoms with Crippen molar-refractivity contribution in [1.82, 2.24) is 0 Å². The second-order valence-corrected chi connectivity index (χ2v) is 2.63. The Morgan fingerprint density at radius 2 is 2.45 bits per heavy atom. The summed E-state index contributed by atoms with van der Waals surface area (Å²) in [6, 6.07) is 0. The highest BCUT2D eigenvalue weighted by molar-refractivity contribution is 5.72. The zero-order valence-corrected chi connectivity index (χ0v) is 6.51. The summed E-state index contributed by atoms with van der Waals surface area (Å²) < 4.78 is 5.41. The molecule has 1 heterocycles. The second kappa shape index (κ2) is 4.92. The smallest absolute Gasteiger partial charge is 0.192 e. The lowest BCUT2D eigenvalue weighted by Crippen LogP contribution is -2.17. The van der Waals surface area contributed by atoms with Gasteiger partial charge in [0.1, 0.15) is 0 Å². The molecule has 0 saturated carbocycles. The minimum atomic E-state index is 0.274. The lowest BCUT2D eigenvalue weighted by atomic mass is 10.1. The van der Waals surface area contributed by atoms with Crippen LogP contribution >= 0.6 is 0 Å². The van der Waals surface area contributed by atoms with Gasteiger partial charge in [-0.05, 0) is 25.2 Å². The van der Waals surface area contributed by atoms with Gasteiger partial charge in [0.15, 0.2) is 6.29 Å². The summed E-state index contributed by atoms with van der Waals surface area (Å²) in [5.74, 6) is 5.15. The van der Waals surface area contributed by atoms with Gasteiger partial charge in [0.2, 0.25) is 0 Å². The first-order valence-electron chi connectivity index (χ1n) is 3.97. The molecule has 60 valence electrons. The third-order valence-electron chi connectivity index (χ3n) is 1.76. The van der Waals surface area contributed by atoms with Gasteiger partial charge >= 0.3 is 0 Å². The van der Waals surface area contributed by atoms with E-state index in [-0.39, 0.29) is 6.10 Å². The molecule has 1 fully saturated rings. The number of aldehydes is 1. The number of rotatable bonds is 1. The van der Waals surface area contributed by atoms with Crippen molar-refractivity contribution in [2.45, 2.75) is 31.8 Å². The normalized spacial score (nSPS) is 23.5. The third kappa shape index (κ3) is 3.20. The molecule has 1 atom stereocenters. The molecule has 2 nitrogen and oxygen atoms in total. The maximum atomic E-state index is 9.83. The first-order chi connectivity index (χ1) is 5.43. The molecule has 1 aliphatic heterocycles. The minimum absolute atomic E-state index is 0.274. The van der Waals surface area contributed by atoms with Gasteiger partial charge in [-0.25, -0.2) is 0 Å². The fraction of sp³-hybridized carbons (Fsp3) is 0.667. The number of carbonyl (C=O) groups excluding carboxylic acids is 1. The molecular weight excluding hydrogens is 140 g/mol. The van der Waals surface area contributed by atoms with Crippen LogP contribution in [0.1, 0.15) is 25.7 Å². The predicted molar refractivity (Wildman–Crippen MR) is 42.0 cm³/mol. The molecule has 1 saturated heterocycles. The van der Waals surface area contributed by atoms with Gasteiger partial charge < -0.3 is 4.74 Å². The lowest BCUT2D eigenvalue weighted by Gasteiger charge is -2.19. The van der Waals surface area contributed by atoms with E-state index >= 15 is 0 Å². The molecule has 0 aliphatic carbocycles. The largest absolute Gasteiger partial charge is 0.377 e. The van der Waals surface area contributed by atoms with Gasteiger partial charge in [0.25, 0.3) is 0 Å². The summed E-state index contributed by atoms with van der Waals surface area (Å²) in [6.45, 7) is 0.855. The topological polar surface area (TPSA) is 26.3 Å². The van der Waals surface area contributed by atoms with Crippen LogP contribution in [0.15, 0.2) is 0 Å². The number of ether oxygens (including phenoxy) is 1. The summed E-state index contributed by atoms with van der Waals surface area (Å²) in [7, 11) is 0. The Labute approximate surface area is 66.9 Å². The maximum absolute atomic E-state index is 9.83. The van der Waals surface area contributed by atoms with E-state index in [1.165, 1.54) is 6.42 Å². The molecule has 0 aromatic rings. The Hall–Kier alpha value is -0.810. The lowest BCUT2D eigenvalue weighted by molar-refractivity contribution is -0.103. The van der Waals surface area contributed by atoms with E-state index in [1.54, 1.807) is 0 Å². The summed E-state index contributed by atoms with van der Waals surface area (Å²) >= 11 is 0. The van der Waals surface area contributed by atoms with E-state index in [4.69, 9.17) is 4.74 Å². The SMILES string of the molecule is O=CC#CCC1CCCCO1. The first-order valence-corrected chi connectivity index (χ1v) is 3.97. The van der Waals surface area contributed by atoms with Crippen LogP contribution in [-0.4, -0.2) is 19.0 Å². The van der Waals surface area contributed by atoms with Crippen molar-refractivity contribution in [3.05, 3.63) is 0 Å². The van der Waals surface area contributed by atoms with Crippen LogP contribution in [0.3, 0.4) is 0 Å². The van der Waals surface area contributed by atoms with Gasteiger partial charge in [-0.3, -0.25) is 4.79 Å². The summed E-state index contributed by atoms with van der Waals surface area (Å²) in [4.78, 5) is 9.83. The van der Waals surface area contributed by atoms with E-state index in [2.05, 4.69) is 11.8 Å². The Morgan fingerprint density at radius 1 is 1.55 bits per heavy atom. The summed E-state index contributed by atoms with van der Waals surface area (Å²) in [5, 5.41) is 0. The van der Waals surface area contributed by atoms with Crippen molar-refractivity contribution in [2.75, 3.05) is 6.61 Å². The molecule has 2 heteroatoms. The van der Waals surface area contributed by atoms with Gasteiger partial charge in [0, 0.05) is 13.0 Å². The number of hydrogen-bond acceptors (Lipinski definition) is 2. The molecule has 0 N–H and O–H groups in total. The Balaban J connectivity index is 2.19. The third-order valence-corrected chi connectivity index (χ3v) is 1.76. The Kier molecular flexibility index (Phi) is 3.71. The quantitative estimate of drug-likeness (QED) is 0.416. The van der Waals surface area contributed by atoms with Crippen molar-refractivity contribution >= 4 is 6.29 Å². The van der Waals surface area contributed by atoms with Gasteiger partial charge in [-0.15, -0.1) is 0 Å². The van der Waals surface area contributed by atoms with Crippen LogP contribution in [0.2, 0.25) is 0 Å². The summed E-state index contributed by atoms with van der Waals surface area (Å²) in [5.41, 5.74) is 0.